The van der Waals surface area contributed by atoms with Crippen LogP contribution in [0.2, 0.25) is 0 Å². The number of hydrogen-bond acceptors (Lipinski definition) is 4. The molecule has 0 aliphatic carbocycles. The van der Waals surface area contributed by atoms with Gasteiger partial charge in [-0.1, -0.05) is 13.0 Å². The number of likely N-dealkylation sites (tertiary alicyclic amines) is 1. The lowest BCUT2D eigenvalue weighted by Crippen LogP contribution is -2.38. The fraction of sp³-hybridized carbons (Fsp3) is 0.462. The summed E-state index contributed by atoms with van der Waals surface area (Å²) >= 11 is 0. The second-order valence-electron chi connectivity index (χ2n) is 9.55. The molecular formula is C26H33N3O4S. The number of anilines is 2. The van der Waals surface area contributed by atoms with Crippen LogP contribution < -0.4 is 9.62 Å². The Morgan fingerprint density at radius 3 is 2.35 bits per heavy atom. The summed E-state index contributed by atoms with van der Waals surface area (Å²) in [6.45, 7) is 8.16. The molecule has 1 saturated heterocycles. The Hall–Kier alpha value is -2.87. The molecule has 0 spiro atoms. The lowest BCUT2D eigenvalue weighted by atomic mass is 9.99. The number of nitrogens with one attached hydrogen (secondary N) is 1. The fourth-order valence-corrected chi connectivity index (χ4v) is 5.69. The predicted molar refractivity (Wildman–Crippen MR) is 133 cm³/mol. The van der Waals surface area contributed by atoms with E-state index in [1.165, 1.54) is 6.07 Å². The van der Waals surface area contributed by atoms with E-state index in [9.17, 15) is 18.0 Å². The minimum absolute atomic E-state index is 0.0403. The summed E-state index contributed by atoms with van der Waals surface area (Å²) in [5.41, 5.74) is 4.18. The number of piperidine rings is 1. The van der Waals surface area contributed by atoms with Crippen molar-refractivity contribution >= 4 is 33.2 Å². The maximum Gasteiger partial charge on any atom is 0.261 e. The number of nitrogens with zero attached hydrogens (tertiary/aromatic N) is 2. The Balaban J connectivity index is 1.40. The lowest BCUT2D eigenvalue weighted by molar-refractivity contribution is -0.134. The van der Waals surface area contributed by atoms with E-state index < -0.39 is 10.0 Å². The van der Waals surface area contributed by atoms with Crippen molar-refractivity contribution < 1.29 is 18.0 Å². The zero-order chi connectivity index (χ0) is 24.5. The average Bonchev–Trinajstić information content (AvgIpc) is 3.23. The molecule has 182 valence electrons. The quantitative estimate of drug-likeness (QED) is 0.672. The SMILES string of the molecule is Cc1ccc(NS(=O)(=O)c2ccc3c(c2)CCN3C(=O)CCC(=O)N2CCC(C)CC2)cc1C. The van der Waals surface area contributed by atoms with Crippen molar-refractivity contribution in [1.29, 1.82) is 0 Å². The number of rotatable bonds is 6. The molecule has 1 fully saturated rings. The van der Waals surface area contributed by atoms with Gasteiger partial charge in [0.15, 0.2) is 0 Å². The largest absolute Gasteiger partial charge is 0.343 e. The lowest BCUT2D eigenvalue weighted by Gasteiger charge is -2.30. The van der Waals surface area contributed by atoms with Crippen LogP contribution in [0.25, 0.3) is 0 Å². The van der Waals surface area contributed by atoms with Gasteiger partial charge in [-0.25, -0.2) is 8.42 Å². The number of fused-ring (bicyclic) bond motifs is 1. The van der Waals surface area contributed by atoms with E-state index in [0.29, 0.717) is 24.6 Å². The number of benzene rings is 2. The van der Waals surface area contributed by atoms with Crippen LogP contribution >= 0.6 is 0 Å². The third-order valence-electron chi connectivity index (χ3n) is 7.01. The Bertz CT molecular complexity index is 1200. The fourth-order valence-electron chi connectivity index (χ4n) is 4.59. The van der Waals surface area contributed by atoms with Gasteiger partial charge in [-0.3, -0.25) is 14.3 Å². The molecule has 2 aromatic rings. The number of sulfonamides is 1. The first-order valence-corrected chi connectivity index (χ1v) is 13.4. The van der Waals surface area contributed by atoms with Crippen LogP contribution in [-0.4, -0.2) is 44.8 Å². The molecule has 0 atom stereocenters. The molecule has 2 aliphatic heterocycles. The van der Waals surface area contributed by atoms with Gasteiger partial charge in [-0.05, 0) is 86.1 Å². The Morgan fingerprint density at radius 2 is 1.65 bits per heavy atom. The zero-order valence-electron chi connectivity index (χ0n) is 20.1. The van der Waals surface area contributed by atoms with Crippen molar-refractivity contribution in [2.24, 2.45) is 5.92 Å². The van der Waals surface area contributed by atoms with Gasteiger partial charge in [0.25, 0.3) is 10.0 Å². The number of carbonyl (C=O) groups excluding carboxylic acids is 2. The van der Waals surface area contributed by atoms with Crippen molar-refractivity contribution in [2.45, 2.75) is 57.8 Å². The van der Waals surface area contributed by atoms with Gasteiger partial charge in [-0.2, -0.15) is 0 Å². The summed E-state index contributed by atoms with van der Waals surface area (Å²) in [6.07, 6.45) is 3.00. The van der Waals surface area contributed by atoms with E-state index in [0.717, 1.165) is 48.3 Å². The smallest absolute Gasteiger partial charge is 0.261 e. The van der Waals surface area contributed by atoms with Gasteiger partial charge in [0.05, 0.1) is 4.90 Å². The van der Waals surface area contributed by atoms with Crippen molar-refractivity contribution in [3.05, 3.63) is 53.1 Å². The molecule has 2 amide bonds. The van der Waals surface area contributed by atoms with Gasteiger partial charge < -0.3 is 9.80 Å². The Morgan fingerprint density at radius 1 is 0.941 bits per heavy atom. The number of hydrogen-bond donors (Lipinski definition) is 1. The minimum Gasteiger partial charge on any atom is -0.343 e. The molecule has 2 aliphatic rings. The first-order valence-electron chi connectivity index (χ1n) is 11.9. The van der Waals surface area contributed by atoms with E-state index in [-0.39, 0.29) is 29.6 Å². The minimum atomic E-state index is -3.74. The highest BCUT2D eigenvalue weighted by molar-refractivity contribution is 7.92. The highest BCUT2D eigenvalue weighted by Crippen LogP contribution is 2.31. The molecule has 34 heavy (non-hydrogen) atoms. The molecule has 2 heterocycles. The van der Waals surface area contributed by atoms with Gasteiger partial charge in [0, 0.05) is 43.9 Å². The van der Waals surface area contributed by atoms with E-state index >= 15 is 0 Å². The monoisotopic (exact) mass is 483 g/mol. The second-order valence-corrected chi connectivity index (χ2v) is 11.2. The first kappa shape index (κ1) is 24.3. The molecule has 0 bridgehead atoms. The summed E-state index contributed by atoms with van der Waals surface area (Å²) < 4.78 is 28.5. The number of amides is 2. The van der Waals surface area contributed by atoms with Crippen molar-refractivity contribution in [2.75, 3.05) is 29.3 Å². The predicted octanol–water partition coefficient (Wildman–Crippen LogP) is 4.03. The summed E-state index contributed by atoms with van der Waals surface area (Å²) in [5, 5.41) is 0. The average molecular weight is 484 g/mol. The van der Waals surface area contributed by atoms with Gasteiger partial charge in [0.2, 0.25) is 11.8 Å². The molecule has 0 saturated carbocycles. The van der Waals surface area contributed by atoms with Crippen LogP contribution in [-0.2, 0) is 26.0 Å². The molecule has 8 heteroatoms. The van der Waals surface area contributed by atoms with Crippen molar-refractivity contribution in [3.63, 3.8) is 0 Å². The highest BCUT2D eigenvalue weighted by atomic mass is 32.2. The van der Waals surface area contributed by atoms with Crippen LogP contribution in [0, 0.1) is 19.8 Å². The molecule has 0 aromatic heterocycles. The van der Waals surface area contributed by atoms with Crippen molar-refractivity contribution in [1.82, 2.24) is 4.90 Å². The molecular weight excluding hydrogens is 450 g/mol. The maximum atomic E-state index is 12.9. The van der Waals surface area contributed by atoms with Crippen molar-refractivity contribution in [3.8, 4) is 0 Å². The standard InChI is InChI=1S/C26H33N3O4S/c1-18-10-13-28(14-11-18)25(30)8-9-26(31)29-15-12-21-17-23(6-7-24(21)29)34(32,33)27-22-5-4-19(2)20(3)16-22/h4-7,16-18,27H,8-15H2,1-3H3. The second kappa shape index (κ2) is 9.78. The zero-order valence-corrected chi connectivity index (χ0v) is 21.0. The first-order chi connectivity index (χ1) is 16.1. The summed E-state index contributed by atoms with van der Waals surface area (Å²) in [5.74, 6) is 0.594. The summed E-state index contributed by atoms with van der Waals surface area (Å²) in [6, 6.07) is 10.3. The van der Waals surface area contributed by atoms with Gasteiger partial charge in [-0.15, -0.1) is 0 Å². The molecule has 2 aromatic carbocycles. The van der Waals surface area contributed by atoms with E-state index in [1.54, 1.807) is 23.1 Å². The molecule has 0 radical (unpaired) electrons. The van der Waals surface area contributed by atoms with Gasteiger partial charge in [0.1, 0.15) is 0 Å². The summed E-state index contributed by atoms with van der Waals surface area (Å²) in [7, 11) is -3.74. The van der Waals surface area contributed by atoms with Crippen LogP contribution in [0.15, 0.2) is 41.3 Å². The number of carbonyl (C=O) groups is 2. The molecule has 0 unspecified atom stereocenters. The van der Waals surface area contributed by atoms with Crippen LogP contribution in [0.3, 0.4) is 0 Å². The van der Waals surface area contributed by atoms with Crippen LogP contribution in [0.5, 0.6) is 0 Å². The third kappa shape index (κ3) is 5.27. The topological polar surface area (TPSA) is 86.8 Å². The van der Waals surface area contributed by atoms with E-state index in [4.69, 9.17) is 0 Å². The van der Waals surface area contributed by atoms with E-state index in [1.807, 2.05) is 30.9 Å². The molecule has 7 nitrogen and oxygen atoms in total. The number of aryl methyl sites for hydroxylation is 2. The molecule has 1 N–H and O–H groups in total. The van der Waals surface area contributed by atoms with E-state index in [2.05, 4.69) is 11.6 Å². The molecule has 4 rings (SSSR count). The highest BCUT2D eigenvalue weighted by Gasteiger charge is 2.28. The van der Waals surface area contributed by atoms with Gasteiger partial charge >= 0.3 is 0 Å². The third-order valence-corrected chi connectivity index (χ3v) is 8.39. The Labute approximate surface area is 202 Å². The van der Waals surface area contributed by atoms with Crippen LogP contribution in [0.4, 0.5) is 11.4 Å². The Kier molecular flexibility index (Phi) is 6.98. The maximum absolute atomic E-state index is 12.9. The summed E-state index contributed by atoms with van der Waals surface area (Å²) in [4.78, 5) is 29.1. The normalized spacial score (nSPS) is 16.4. The van der Waals surface area contributed by atoms with Crippen LogP contribution in [0.1, 0.15) is 49.3 Å².